The molecule has 1 amide bonds. The lowest BCUT2D eigenvalue weighted by Crippen LogP contribution is -2.43. The SMILES string of the molecule is COc1cccc(OCC(=O)NC(CCSC)C(=O)O)c1. The van der Waals surface area contributed by atoms with Gasteiger partial charge < -0.3 is 19.9 Å². The van der Waals surface area contributed by atoms with Gasteiger partial charge >= 0.3 is 5.97 Å². The Balaban J connectivity index is 2.46. The number of carboxylic acids is 1. The number of nitrogens with one attached hydrogen (secondary N) is 1. The van der Waals surface area contributed by atoms with Crippen LogP contribution in [-0.4, -0.2) is 48.8 Å². The fraction of sp³-hybridized carbons (Fsp3) is 0.429. The summed E-state index contributed by atoms with van der Waals surface area (Å²) >= 11 is 1.53. The summed E-state index contributed by atoms with van der Waals surface area (Å²) in [5.41, 5.74) is 0. The van der Waals surface area contributed by atoms with E-state index in [2.05, 4.69) is 5.32 Å². The predicted molar refractivity (Wildman–Crippen MR) is 81.1 cm³/mol. The van der Waals surface area contributed by atoms with Crippen LogP contribution in [0.5, 0.6) is 11.5 Å². The molecular formula is C14H19NO5S. The zero-order valence-corrected chi connectivity index (χ0v) is 12.8. The fourth-order valence-corrected chi connectivity index (χ4v) is 2.04. The Hall–Kier alpha value is -1.89. The standard InChI is InChI=1S/C14H19NO5S/c1-19-10-4-3-5-11(8-10)20-9-13(16)15-12(14(17)18)6-7-21-2/h3-5,8,12H,6-7,9H2,1-2H3,(H,15,16)(H,17,18). The number of thioether (sulfide) groups is 1. The molecule has 0 saturated carbocycles. The van der Waals surface area contributed by atoms with Gasteiger partial charge in [0, 0.05) is 6.07 Å². The summed E-state index contributed by atoms with van der Waals surface area (Å²) in [6.07, 6.45) is 2.26. The van der Waals surface area contributed by atoms with E-state index in [0.717, 1.165) is 0 Å². The lowest BCUT2D eigenvalue weighted by Gasteiger charge is -2.14. The molecule has 1 aromatic rings. The van der Waals surface area contributed by atoms with Crippen LogP contribution in [-0.2, 0) is 9.59 Å². The van der Waals surface area contributed by atoms with Gasteiger partial charge in [0.15, 0.2) is 6.61 Å². The van der Waals surface area contributed by atoms with Crippen molar-refractivity contribution in [1.29, 1.82) is 0 Å². The Morgan fingerprint density at radius 3 is 2.71 bits per heavy atom. The average Bonchev–Trinajstić information content (AvgIpc) is 2.49. The summed E-state index contributed by atoms with van der Waals surface area (Å²) in [4.78, 5) is 22.7. The minimum Gasteiger partial charge on any atom is -0.497 e. The maximum absolute atomic E-state index is 11.7. The quantitative estimate of drug-likeness (QED) is 0.717. The zero-order chi connectivity index (χ0) is 15.7. The van der Waals surface area contributed by atoms with Crippen molar-refractivity contribution in [2.75, 3.05) is 25.7 Å². The van der Waals surface area contributed by atoms with Crippen molar-refractivity contribution in [3.63, 3.8) is 0 Å². The van der Waals surface area contributed by atoms with Crippen LogP contribution in [0.1, 0.15) is 6.42 Å². The first-order valence-corrected chi connectivity index (χ1v) is 7.74. The van der Waals surface area contributed by atoms with E-state index in [9.17, 15) is 9.59 Å². The molecule has 1 atom stereocenters. The van der Waals surface area contributed by atoms with Crippen LogP contribution in [0, 0.1) is 0 Å². The van der Waals surface area contributed by atoms with E-state index < -0.39 is 17.9 Å². The molecule has 7 heteroatoms. The number of carboxylic acid groups (broad SMARTS) is 1. The van der Waals surface area contributed by atoms with E-state index in [1.54, 1.807) is 24.3 Å². The molecule has 0 spiro atoms. The summed E-state index contributed by atoms with van der Waals surface area (Å²) in [5.74, 6) is 0.260. The number of benzene rings is 1. The molecule has 0 aromatic heterocycles. The van der Waals surface area contributed by atoms with Gasteiger partial charge in [0.25, 0.3) is 5.91 Å². The number of hydrogen-bond acceptors (Lipinski definition) is 5. The maximum atomic E-state index is 11.7. The number of amides is 1. The summed E-state index contributed by atoms with van der Waals surface area (Å²) in [5, 5.41) is 11.5. The summed E-state index contributed by atoms with van der Waals surface area (Å²) in [7, 11) is 1.54. The predicted octanol–water partition coefficient (Wildman–Crippen LogP) is 1.40. The van der Waals surface area contributed by atoms with Crippen molar-refractivity contribution in [2.24, 2.45) is 0 Å². The molecule has 0 saturated heterocycles. The minimum absolute atomic E-state index is 0.240. The first-order valence-electron chi connectivity index (χ1n) is 6.34. The van der Waals surface area contributed by atoms with Gasteiger partial charge in [-0.25, -0.2) is 4.79 Å². The second-order valence-corrected chi connectivity index (χ2v) is 5.19. The van der Waals surface area contributed by atoms with Crippen LogP contribution < -0.4 is 14.8 Å². The normalized spacial score (nSPS) is 11.5. The van der Waals surface area contributed by atoms with Gasteiger partial charge in [0.05, 0.1) is 7.11 Å². The molecule has 0 heterocycles. The highest BCUT2D eigenvalue weighted by atomic mass is 32.2. The summed E-state index contributed by atoms with van der Waals surface area (Å²) in [6, 6.07) is 5.95. The van der Waals surface area contributed by atoms with Crippen molar-refractivity contribution in [3.8, 4) is 11.5 Å². The molecule has 0 aliphatic heterocycles. The van der Waals surface area contributed by atoms with Crippen molar-refractivity contribution < 1.29 is 24.2 Å². The van der Waals surface area contributed by atoms with E-state index in [1.165, 1.54) is 18.9 Å². The molecule has 1 unspecified atom stereocenters. The number of ether oxygens (including phenoxy) is 2. The van der Waals surface area contributed by atoms with Crippen LogP contribution in [0.25, 0.3) is 0 Å². The number of methoxy groups -OCH3 is 1. The Morgan fingerprint density at radius 1 is 1.38 bits per heavy atom. The fourth-order valence-electron chi connectivity index (χ4n) is 1.57. The third-order valence-electron chi connectivity index (χ3n) is 2.66. The Kier molecular flexibility index (Phi) is 7.45. The highest BCUT2D eigenvalue weighted by molar-refractivity contribution is 7.98. The van der Waals surface area contributed by atoms with Crippen molar-refractivity contribution in [2.45, 2.75) is 12.5 Å². The van der Waals surface area contributed by atoms with Gasteiger partial charge in [-0.2, -0.15) is 11.8 Å². The number of aliphatic carboxylic acids is 1. The monoisotopic (exact) mass is 313 g/mol. The largest absolute Gasteiger partial charge is 0.497 e. The highest BCUT2D eigenvalue weighted by Crippen LogP contribution is 2.18. The molecule has 6 nitrogen and oxygen atoms in total. The van der Waals surface area contributed by atoms with E-state index in [0.29, 0.717) is 23.7 Å². The van der Waals surface area contributed by atoms with Gasteiger partial charge in [-0.3, -0.25) is 4.79 Å². The van der Waals surface area contributed by atoms with E-state index in [1.807, 2.05) is 6.26 Å². The lowest BCUT2D eigenvalue weighted by atomic mass is 10.2. The van der Waals surface area contributed by atoms with E-state index in [4.69, 9.17) is 14.6 Å². The number of carbonyl (C=O) groups is 2. The average molecular weight is 313 g/mol. The molecular weight excluding hydrogens is 294 g/mol. The van der Waals surface area contributed by atoms with Gasteiger partial charge in [-0.1, -0.05) is 6.07 Å². The van der Waals surface area contributed by atoms with Crippen molar-refractivity contribution in [1.82, 2.24) is 5.32 Å². The molecule has 1 rings (SSSR count). The van der Waals surface area contributed by atoms with E-state index in [-0.39, 0.29) is 6.61 Å². The topological polar surface area (TPSA) is 84.9 Å². The number of carbonyl (C=O) groups excluding carboxylic acids is 1. The zero-order valence-electron chi connectivity index (χ0n) is 12.0. The Labute approximate surface area is 127 Å². The second kappa shape index (κ2) is 9.12. The molecule has 0 radical (unpaired) electrons. The first kappa shape index (κ1) is 17.2. The third kappa shape index (κ3) is 6.40. The molecule has 1 aromatic carbocycles. The highest BCUT2D eigenvalue weighted by Gasteiger charge is 2.19. The van der Waals surface area contributed by atoms with Crippen LogP contribution in [0.2, 0.25) is 0 Å². The molecule has 2 N–H and O–H groups in total. The Bertz CT molecular complexity index is 480. The molecule has 0 fully saturated rings. The van der Waals surface area contributed by atoms with Gasteiger partial charge in [0.1, 0.15) is 17.5 Å². The molecule has 0 bridgehead atoms. The molecule has 0 aliphatic carbocycles. The number of rotatable bonds is 9. The first-order chi connectivity index (χ1) is 10.1. The van der Waals surface area contributed by atoms with E-state index >= 15 is 0 Å². The third-order valence-corrected chi connectivity index (χ3v) is 3.30. The van der Waals surface area contributed by atoms with Gasteiger partial charge in [-0.05, 0) is 30.6 Å². The van der Waals surface area contributed by atoms with Crippen LogP contribution >= 0.6 is 11.8 Å². The van der Waals surface area contributed by atoms with Gasteiger partial charge in [-0.15, -0.1) is 0 Å². The van der Waals surface area contributed by atoms with Crippen molar-refractivity contribution >= 4 is 23.6 Å². The van der Waals surface area contributed by atoms with Crippen LogP contribution in [0.4, 0.5) is 0 Å². The molecule has 21 heavy (non-hydrogen) atoms. The smallest absolute Gasteiger partial charge is 0.326 e. The molecule has 0 aliphatic rings. The lowest BCUT2D eigenvalue weighted by molar-refractivity contribution is -0.142. The van der Waals surface area contributed by atoms with Gasteiger partial charge in [0.2, 0.25) is 0 Å². The Morgan fingerprint density at radius 2 is 2.10 bits per heavy atom. The molecule has 116 valence electrons. The minimum atomic E-state index is -1.04. The van der Waals surface area contributed by atoms with Crippen LogP contribution in [0.3, 0.4) is 0 Å². The van der Waals surface area contributed by atoms with Crippen molar-refractivity contribution in [3.05, 3.63) is 24.3 Å². The summed E-state index contributed by atoms with van der Waals surface area (Å²) in [6.45, 7) is -0.240. The summed E-state index contributed by atoms with van der Waals surface area (Å²) < 4.78 is 10.3. The van der Waals surface area contributed by atoms with Crippen LogP contribution in [0.15, 0.2) is 24.3 Å². The second-order valence-electron chi connectivity index (χ2n) is 4.21. The number of hydrogen-bond donors (Lipinski definition) is 2. The maximum Gasteiger partial charge on any atom is 0.326 e.